The Labute approximate surface area is 154 Å². The smallest absolute Gasteiger partial charge is 0.304 e. The van der Waals surface area contributed by atoms with Gasteiger partial charge in [-0.25, -0.2) is 0 Å². The Balaban J connectivity index is 1.57. The van der Waals surface area contributed by atoms with Crippen LogP contribution in [0.5, 0.6) is 0 Å². The molecule has 1 aliphatic carbocycles. The van der Waals surface area contributed by atoms with Crippen molar-refractivity contribution < 1.29 is 14.4 Å². The first-order valence-electron chi connectivity index (χ1n) is 9.65. The molecule has 1 atom stereocenters. The largest absolute Gasteiger partial charge is 0.481 e. The minimum absolute atomic E-state index is 0.0376. The molecule has 1 unspecified atom stereocenters. The number of hydrogen-bond donors (Lipinski definition) is 1. The summed E-state index contributed by atoms with van der Waals surface area (Å²) in [5, 5.41) is 13.3. The SMILES string of the molecule is O=C(O)CC(CCCC1CCCCC1)c1nc(Cc2ccccn2)no1. The highest BCUT2D eigenvalue weighted by Crippen LogP contribution is 2.31. The number of rotatable bonds is 9. The van der Waals surface area contributed by atoms with E-state index in [2.05, 4.69) is 15.1 Å². The molecule has 6 heteroatoms. The van der Waals surface area contributed by atoms with Gasteiger partial charge in [-0.1, -0.05) is 56.2 Å². The summed E-state index contributed by atoms with van der Waals surface area (Å²) < 4.78 is 5.39. The van der Waals surface area contributed by atoms with Crippen LogP contribution in [-0.4, -0.2) is 26.2 Å². The van der Waals surface area contributed by atoms with Gasteiger partial charge in [-0.05, 0) is 24.5 Å². The van der Waals surface area contributed by atoms with E-state index < -0.39 is 5.97 Å². The van der Waals surface area contributed by atoms with Gasteiger partial charge in [-0.2, -0.15) is 4.98 Å². The van der Waals surface area contributed by atoms with Crippen LogP contribution in [0.15, 0.2) is 28.9 Å². The predicted octanol–water partition coefficient (Wildman–Crippen LogP) is 4.36. The van der Waals surface area contributed by atoms with Crippen LogP contribution in [0.1, 0.15) is 81.1 Å². The highest BCUT2D eigenvalue weighted by Gasteiger charge is 2.23. The van der Waals surface area contributed by atoms with Gasteiger partial charge < -0.3 is 9.63 Å². The van der Waals surface area contributed by atoms with Gasteiger partial charge in [0.15, 0.2) is 5.82 Å². The fraction of sp³-hybridized carbons (Fsp3) is 0.600. The second-order valence-corrected chi connectivity index (χ2v) is 7.28. The maximum atomic E-state index is 11.2. The Kier molecular flexibility index (Phi) is 6.75. The third-order valence-corrected chi connectivity index (χ3v) is 5.21. The quantitative estimate of drug-likeness (QED) is 0.717. The average Bonchev–Trinajstić information content (AvgIpc) is 3.11. The van der Waals surface area contributed by atoms with Crippen LogP contribution in [-0.2, 0) is 11.2 Å². The van der Waals surface area contributed by atoms with Gasteiger partial charge in [0.2, 0.25) is 5.89 Å². The summed E-state index contributed by atoms with van der Waals surface area (Å²) in [5.41, 5.74) is 0.868. The number of aromatic nitrogens is 3. The van der Waals surface area contributed by atoms with E-state index in [9.17, 15) is 9.90 Å². The lowest BCUT2D eigenvalue weighted by molar-refractivity contribution is -0.137. The zero-order chi connectivity index (χ0) is 18.2. The maximum absolute atomic E-state index is 11.2. The van der Waals surface area contributed by atoms with E-state index in [4.69, 9.17) is 4.52 Å². The van der Waals surface area contributed by atoms with Crippen LogP contribution in [0, 0.1) is 5.92 Å². The lowest BCUT2D eigenvalue weighted by atomic mass is 9.84. The molecule has 26 heavy (non-hydrogen) atoms. The van der Waals surface area contributed by atoms with Gasteiger partial charge in [-0.3, -0.25) is 9.78 Å². The van der Waals surface area contributed by atoms with E-state index in [0.29, 0.717) is 18.1 Å². The molecule has 0 saturated heterocycles. The number of nitrogens with zero attached hydrogens (tertiary/aromatic N) is 3. The Morgan fingerprint density at radius 1 is 1.27 bits per heavy atom. The van der Waals surface area contributed by atoms with Crippen molar-refractivity contribution in [1.29, 1.82) is 0 Å². The molecule has 2 aromatic heterocycles. The van der Waals surface area contributed by atoms with Crippen molar-refractivity contribution in [2.75, 3.05) is 0 Å². The molecule has 0 amide bonds. The highest BCUT2D eigenvalue weighted by atomic mass is 16.5. The molecule has 3 rings (SSSR count). The number of aliphatic carboxylic acids is 1. The van der Waals surface area contributed by atoms with Crippen molar-refractivity contribution in [3.8, 4) is 0 Å². The molecule has 1 N–H and O–H groups in total. The number of carboxylic acids is 1. The molecule has 2 heterocycles. The molecule has 1 fully saturated rings. The molecule has 1 aliphatic rings. The number of carboxylic acid groups (broad SMARTS) is 1. The van der Waals surface area contributed by atoms with Crippen LogP contribution in [0.25, 0.3) is 0 Å². The van der Waals surface area contributed by atoms with Crippen molar-refractivity contribution in [2.24, 2.45) is 5.92 Å². The molecule has 1 saturated carbocycles. The van der Waals surface area contributed by atoms with Crippen LogP contribution < -0.4 is 0 Å². The Bertz CT molecular complexity index is 681. The maximum Gasteiger partial charge on any atom is 0.304 e. The summed E-state index contributed by atoms with van der Waals surface area (Å²) in [6, 6.07) is 5.69. The van der Waals surface area contributed by atoms with Gasteiger partial charge >= 0.3 is 5.97 Å². The lowest BCUT2D eigenvalue weighted by Gasteiger charge is -2.21. The minimum atomic E-state index is -0.822. The summed E-state index contributed by atoms with van der Waals surface area (Å²) in [7, 11) is 0. The lowest BCUT2D eigenvalue weighted by Crippen LogP contribution is -2.10. The van der Waals surface area contributed by atoms with Crippen molar-refractivity contribution >= 4 is 5.97 Å². The zero-order valence-electron chi connectivity index (χ0n) is 15.1. The fourth-order valence-corrected chi connectivity index (χ4v) is 3.82. The first kappa shape index (κ1) is 18.5. The summed E-state index contributed by atoms with van der Waals surface area (Å²) >= 11 is 0. The van der Waals surface area contributed by atoms with Gasteiger partial charge in [0.1, 0.15) is 0 Å². The van der Waals surface area contributed by atoms with Gasteiger partial charge in [0.05, 0.1) is 12.8 Å². The predicted molar refractivity (Wildman–Crippen MR) is 96.8 cm³/mol. The topological polar surface area (TPSA) is 89.1 Å². The fourth-order valence-electron chi connectivity index (χ4n) is 3.82. The van der Waals surface area contributed by atoms with E-state index in [1.807, 2.05) is 18.2 Å². The Morgan fingerprint density at radius 3 is 2.85 bits per heavy atom. The van der Waals surface area contributed by atoms with Crippen molar-refractivity contribution in [3.63, 3.8) is 0 Å². The summed E-state index contributed by atoms with van der Waals surface area (Å²) in [5.74, 6) is 0.776. The Morgan fingerprint density at radius 2 is 2.12 bits per heavy atom. The Hall–Kier alpha value is -2.24. The van der Waals surface area contributed by atoms with Crippen LogP contribution in [0.4, 0.5) is 0 Å². The molecule has 0 radical (unpaired) electrons. The van der Waals surface area contributed by atoms with Crippen molar-refractivity contribution in [3.05, 3.63) is 41.8 Å². The molecule has 0 aromatic carbocycles. The van der Waals surface area contributed by atoms with E-state index in [1.165, 1.54) is 38.5 Å². The second-order valence-electron chi connectivity index (χ2n) is 7.28. The first-order valence-corrected chi connectivity index (χ1v) is 9.65. The third-order valence-electron chi connectivity index (χ3n) is 5.21. The standard InChI is InChI=1S/C20H27N3O3/c24-19(25)13-16(10-6-9-15-7-2-1-3-8-15)20-22-18(23-26-20)14-17-11-4-5-12-21-17/h4-5,11-12,15-16H,1-3,6-10,13-14H2,(H,24,25). The third kappa shape index (κ3) is 5.64. The average molecular weight is 357 g/mol. The van der Waals surface area contributed by atoms with E-state index in [1.54, 1.807) is 6.20 Å². The monoisotopic (exact) mass is 357 g/mol. The molecule has 0 spiro atoms. The van der Waals surface area contributed by atoms with E-state index >= 15 is 0 Å². The molecule has 0 bridgehead atoms. The molecule has 0 aliphatic heterocycles. The highest BCUT2D eigenvalue weighted by molar-refractivity contribution is 5.67. The number of hydrogen-bond acceptors (Lipinski definition) is 5. The second kappa shape index (κ2) is 9.46. The van der Waals surface area contributed by atoms with Gasteiger partial charge in [-0.15, -0.1) is 0 Å². The zero-order valence-corrected chi connectivity index (χ0v) is 15.1. The van der Waals surface area contributed by atoms with E-state index in [-0.39, 0.29) is 12.3 Å². The number of pyridine rings is 1. The van der Waals surface area contributed by atoms with Crippen LogP contribution >= 0.6 is 0 Å². The van der Waals surface area contributed by atoms with Crippen LogP contribution in [0.3, 0.4) is 0 Å². The molecule has 140 valence electrons. The summed E-state index contributed by atoms with van der Waals surface area (Å²) in [6.45, 7) is 0. The summed E-state index contributed by atoms with van der Waals surface area (Å²) in [6.07, 6.45) is 11.9. The first-order chi connectivity index (χ1) is 12.7. The molecule has 2 aromatic rings. The van der Waals surface area contributed by atoms with E-state index in [0.717, 1.165) is 24.5 Å². The van der Waals surface area contributed by atoms with Gasteiger partial charge in [0.25, 0.3) is 0 Å². The van der Waals surface area contributed by atoms with Crippen molar-refractivity contribution in [2.45, 2.75) is 70.1 Å². The molecule has 6 nitrogen and oxygen atoms in total. The number of carbonyl (C=O) groups is 1. The van der Waals surface area contributed by atoms with Gasteiger partial charge in [0, 0.05) is 17.8 Å². The molecular weight excluding hydrogens is 330 g/mol. The minimum Gasteiger partial charge on any atom is -0.481 e. The van der Waals surface area contributed by atoms with Crippen LogP contribution in [0.2, 0.25) is 0 Å². The van der Waals surface area contributed by atoms with Crippen molar-refractivity contribution in [1.82, 2.24) is 15.1 Å². The molecular formula is C20H27N3O3. The normalized spacial score (nSPS) is 16.5. The summed E-state index contributed by atoms with van der Waals surface area (Å²) in [4.78, 5) is 20.0.